The number of amides is 2. The van der Waals surface area contributed by atoms with Crippen LogP contribution in [0.5, 0.6) is 11.5 Å². The van der Waals surface area contributed by atoms with Gasteiger partial charge in [0.25, 0.3) is 0 Å². The van der Waals surface area contributed by atoms with Crippen LogP contribution in [0.1, 0.15) is 34.7 Å². The van der Waals surface area contributed by atoms with Gasteiger partial charge in [0, 0.05) is 18.1 Å². The van der Waals surface area contributed by atoms with Crippen molar-refractivity contribution in [3.63, 3.8) is 0 Å². The Morgan fingerprint density at radius 2 is 1.97 bits per heavy atom. The quantitative estimate of drug-likeness (QED) is 0.486. The molecule has 2 aliphatic rings. The number of rotatable bonds is 7. The fourth-order valence-electron chi connectivity index (χ4n) is 4.33. The summed E-state index contributed by atoms with van der Waals surface area (Å²) in [6, 6.07) is 13.4. The molecule has 10 heteroatoms. The van der Waals surface area contributed by atoms with Gasteiger partial charge in [-0.25, -0.2) is 14.2 Å². The standard InChI is InChI=1S/C27H21FN4O5/c28-20-3-1-2-17(9-20)14-35-26(33)24-21(6-4-16-5-7-22-23(10-16)37-15-36-22)31-27(34)32-25(24)19-8-18(11-29)12-30-13-19/h1-3,5,7-10,12-13,24-25H,4,6,14-15H2,(H,32,34). The maximum absolute atomic E-state index is 13.6. The van der Waals surface area contributed by atoms with E-state index in [0.717, 1.165) is 5.56 Å². The first-order valence-electron chi connectivity index (χ1n) is 11.5. The predicted molar refractivity (Wildman–Crippen MR) is 128 cm³/mol. The van der Waals surface area contributed by atoms with Crippen LogP contribution in [0.2, 0.25) is 0 Å². The Kier molecular flexibility index (Phi) is 6.76. The molecule has 1 aromatic heterocycles. The van der Waals surface area contributed by atoms with E-state index in [1.54, 1.807) is 18.2 Å². The Bertz CT molecular complexity index is 1430. The number of halogens is 1. The van der Waals surface area contributed by atoms with Gasteiger partial charge in [-0.15, -0.1) is 0 Å². The Morgan fingerprint density at radius 1 is 1.11 bits per heavy atom. The highest BCUT2D eigenvalue weighted by Crippen LogP contribution is 2.34. The molecule has 2 aliphatic heterocycles. The summed E-state index contributed by atoms with van der Waals surface area (Å²) in [6.07, 6.45) is 3.63. The second kappa shape index (κ2) is 10.5. The van der Waals surface area contributed by atoms with Crippen molar-refractivity contribution in [1.82, 2.24) is 10.3 Å². The van der Waals surface area contributed by atoms with E-state index >= 15 is 0 Å². The van der Waals surface area contributed by atoms with Crippen molar-refractivity contribution in [2.45, 2.75) is 25.5 Å². The molecule has 0 radical (unpaired) electrons. The molecule has 0 saturated heterocycles. The molecule has 2 atom stereocenters. The Hall–Kier alpha value is -4.78. The van der Waals surface area contributed by atoms with Gasteiger partial charge < -0.3 is 19.5 Å². The van der Waals surface area contributed by atoms with E-state index in [1.165, 1.54) is 30.6 Å². The van der Waals surface area contributed by atoms with Gasteiger partial charge in [-0.05, 0) is 59.9 Å². The molecule has 0 aliphatic carbocycles. The lowest BCUT2D eigenvalue weighted by Crippen LogP contribution is -2.45. The number of ether oxygens (including phenoxy) is 3. The first kappa shape index (κ1) is 23.9. The fraction of sp³-hybridized carbons (Fsp3) is 0.222. The second-order valence-corrected chi connectivity index (χ2v) is 8.55. The highest BCUT2D eigenvalue weighted by molar-refractivity contribution is 6.09. The summed E-state index contributed by atoms with van der Waals surface area (Å²) < 4.78 is 29.9. The number of hydrogen-bond donors (Lipinski definition) is 1. The molecule has 1 N–H and O–H groups in total. The number of aromatic nitrogens is 1. The summed E-state index contributed by atoms with van der Waals surface area (Å²) in [7, 11) is 0. The molecule has 2 amide bonds. The lowest BCUT2D eigenvalue weighted by atomic mass is 9.85. The number of urea groups is 1. The second-order valence-electron chi connectivity index (χ2n) is 8.55. The van der Waals surface area contributed by atoms with Crippen LogP contribution in [0.15, 0.2) is 65.9 Å². The number of aliphatic imine (C=N–C) groups is 1. The molecule has 186 valence electrons. The van der Waals surface area contributed by atoms with E-state index in [9.17, 15) is 19.2 Å². The largest absolute Gasteiger partial charge is 0.460 e. The van der Waals surface area contributed by atoms with E-state index in [1.807, 2.05) is 18.2 Å². The minimum Gasteiger partial charge on any atom is -0.460 e. The van der Waals surface area contributed by atoms with Gasteiger partial charge >= 0.3 is 12.0 Å². The summed E-state index contributed by atoms with van der Waals surface area (Å²) >= 11 is 0. The number of nitrogens with one attached hydrogen (secondary N) is 1. The molecule has 37 heavy (non-hydrogen) atoms. The number of esters is 1. The average Bonchev–Trinajstić information content (AvgIpc) is 3.38. The minimum absolute atomic E-state index is 0.153. The van der Waals surface area contributed by atoms with E-state index in [-0.39, 0.29) is 25.4 Å². The molecular weight excluding hydrogens is 479 g/mol. The van der Waals surface area contributed by atoms with Crippen LogP contribution in [0.25, 0.3) is 0 Å². The number of carbonyl (C=O) groups excluding carboxylic acids is 2. The van der Waals surface area contributed by atoms with Crippen molar-refractivity contribution < 1.29 is 28.2 Å². The molecule has 5 rings (SSSR count). The number of carbonyl (C=O) groups is 2. The first-order valence-corrected chi connectivity index (χ1v) is 11.5. The molecule has 9 nitrogen and oxygen atoms in total. The molecule has 3 aromatic rings. The van der Waals surface area contributed by atoms with E-state index < -0.39 is 29.8 Å². The maximum atomic E-state index is 13.6. The van der Waals surface area contributed by atoms with Gasteiger partial charge in [0.15, 0.2) is 11.5 Å². The lowest BCUT2D eigenvalue weighted by Gasteiger charge is -2.31. The van der Waals surface area contributed by atoms with Crippen LogP contribution in [0, 0.1) is 23.1 Å². The third-order valence-electron chi connectivity index (χ3n) is 6.09. The summed E-state index contributed by atoms with van der Waals surface area (Å²) in [5.74, 6) is -0.773. The van der Waals surface area contributed by atoms with Crippen LogP contribution in [0.4, 0.5) is 9.18 Å². The lowest BCUT2D eigenvalue weighted by molar-refractivity contribution is -0.148. The summed E-state index contributed by atoms with van der Waals surface area (Å²) in [4.78, 5) is 34.1. The monoisotopic (exact) mass is 500 g/mol. The topological polar surface area (TPSA) is 123 Å². The van der Waals surface area contributed by atoms with Crippen molar-refractivity contribution >= 4 is 17.7 Å². The van der Waals surface area contributed by atoms with Crippen molar-refractivity contribution in [2.24, 2.45) is 10.9 Å². The minimum atomic E-state index is -0.976. The van der Waals surface area contributed by atoms with Gasteiger partial charge in [-0.2, -0.15) is 5.26 Å². The third-order valence-corrected chi connectivity index (χ3v) is 6.09. The predicted octanol–water partition coefficient (Wildman–Crippen LogP) is 4.02. The maximum Gasteiger partial charge on any atom is 0.341 e. The van der Waals surface area contributed by atoms with Crippen molar-refractivity contribution in [3.05, 3.63) is 89.0 Å². The molecule has 2 aromatic carbocycles. The number of aryl methyl sites for hydroxylation is 1. The molecule has 0 bridgehead atoms. The molecule has 0 fully saturated rings. The number of fused-ring (bicyclic) bond motifs is 1. The zero-order chi connectivity index (χ0) is 25.8. The first-order chi connectivity index (χ1) is 18.0. The molecule has 0 spiro atoms. The molecular formula is C27H21FN4O5. The summed E-state index contributed by atoms with van der Waals surface area (Å²) in [5, 5.41) is 12.0. The van der Waals surface area contributed by atoms with E-state index in [0.29, 0.717) is 34.8 Å². The van der Waals surface area contributed by atoms with E-state index in [2.05, 4.69) is 15.3 Å². The number of hydrogen-bond acceptors (Lipinski definition) is 7. The normalized spacial score (nSPS) is 17.9. The highest BCUT2D eigenvalue weighted by Gasteiger charge is 2.40. The van der Waals surface area contributed by atoms with Crippen LogP contribution in [-0.4, -0.2) is 29.5 Å². The van der Waals surface area contributed by atoms with Gasteiger partial charge in [0.1, 0.15) is 24.4 Å². The molecule has 3 heterocycles. The SMILES string of the molecule is N#Cc1cncc(C2NC(=O)N=C(CCc3ccc4c(c3)OCO4)C2C(=O)OCc2cccc(F)c2)c1. The van der Waals surface area contributed by atoms with Crippen LogP contribution >= 0.6 is 0 Å². The van der Waals surface area contributed by atoms with Crippen molar-refractivity contribution in [1.29, 1.82) is 5.26 Å². The number of nitrogens with zero attached hydrogens (tertiary/aromatic N) is 3. The third kappa shape index (κ3) is 5.41. The van der Waals surface area contributed by atoms with Crippen LogP contribution in [-0.2, 0) is 22.6 Å². The Balaban J connectivity index is 1.41. The fourth-order valence-corrected chi connectivity index (χ4v) is 4.33. The van der Waals surface area contributed by atoms with Gasteiger partial charge in [-0.3, -0.25) is 9.78 Å². The van der Waals surface area contributed by atoms with Gasteiger partial charge in [-0.1, -0.05) is 18.2 Å². The average molecular weight is 500 g/mol. The van der Waals surface area contributed by atoms with Gasteiger partial charge in [0.2, 0.25) is 6.79 Å². The number of nitriles is 1. The van der Waals surface area contributed by atoms with Crippen molar-refractivity contribution in [2.75, 3.05) is 6.79 Å². The zero-order valence-corrected chi connectivity index (χ0v) is 19.5. The number of pyridine rings is 1. The Labute approximate surface area is 211 Å². The van der Waals surface area contributed by atoms with Crippen LogP contribution in [0.3, 0.4) is 0 Å². The zero-order valence-electron chi connectivity index (χ0n) is 19.5. The summed E-state index contributed by atoms with van der Waals surface area (Å²) in [6.45, 7) is 0.00204. The van der Waals surface area contributed by atoms with E-state index in [4.69, 9.17) is 14.2 Å². The van der Waals surface area contributed by atoms with Gasteiger partial charge in [0.05, 0.1) is 11.6 Å². The molecule has 0 saturated carbocycles. The summed E-state index contributed by atoms with van der Waals surface area (Å²) in [5.41, 5.74) is 2.47. The highest BCUT2D eigenvalue weighted by atomic mass is 19.1. The van der Waals surface area contributed by atoms with Crippen molar-refractivity contribution in [3.8, 4) is 17.6 Å². The number of benzene rings is 2. The van der Waals surface area contributed by atoms with Crippen LogP contribution < -0.4 is 14.8 Å². The smallest absolute Gasteiger partial charge is 0.341 e. The molecule has 2 unspecified atom stereocenters. The Morgan fingerprint density at radius 3 is 2.81 bits per heavy atom.